The van der Waals surface area contributed by atoms with Gasteiger partial charge in [-0.15, -0.1) is 0 Å². The van der Waals surface area contributed by atoms with Crippen molar-refractivity contribution < 1.29 is 18.0 Å². The van der Waals surface area contributed by atoms with Crippen molar-refractivity contribution in [3.05, 3.63) is 30.3 Å². The molecule has 0 aliphatic heterocycles. The number of hydrogen-bond acceptors (Lipinski definition) is 2. The normalized spacial score (nSPS) is 13.1. The van der Waals surface area contributed by atoms with Gasteiger partial charge in [-0.2, -0.15) is 13.2 Å². The van der Waals surface area contributed by atoms with Crippen LogP contribution in [0.2, 0.25) is 0 Å². The number of para-hydroxylation sites is 1. The van der Waals surface area contributed by atoms with Crippen LogP contribution in [-0.2, 0) is 4.79 Å². The van der Waals surface area contributed by atoms with Gasteiger partial charge >= 0.3 is 6.18 Å². The van der Waals surface area contributed by atoms with Crippen LogP contribution in [0.1, 0.15) is 13.3 Å². The van der Waals surface area contributed by atoms with Crippen molar-refractivity contribution in [2.45, 2.75) is 25.6 Å². The topological polar surface area (TPSA) is 41.1 Å². The number of carbonyl (C=O) groups excluding carboxylic acids is 1. The maximum Gasteiger partial charge on any atom is 0.390 e. The highest BCUT2D eigenvalue weighted by Crippen LogP contribution is 2.18. The molecule has 1 aromatic rings. The summed E-state index contributed by atoms with van der Waals surface area (Å²) in [6, 6.07) is 8.07. The van der Waals surface area contributed by atoms with E-state index in [2.05, 4.69) is 10.6 Å². The number of hydrogen-bond donors (Lipinski definition) is 2. The van der Waals surface area contributed by atoms with Crippen LogP contribution in [0.25, 0.3) is 0 Å². The van der Waals surface area contributed by atoms with E-state index in [1.165, 1.54) is 6.92 Å². The largest absolute Gasteiger partial charge is 0.390 e. The summed E-state index contributed by atoms with van der Waals surface area (Å²) in [6.45, 7) is 1.25. The second-order valence-electron chi connectivity index (χ2n) is 3.90. The van der Waals surface area contributed by atoms with Crippen molar-refractivity contribution in [3.63, 3.8) is 0 Å². The Kier molecular flexibility index (Phi) is 5.15. The van der Waals surface area contributed by atoms with E-state index in [-0.39, 0.29) is 12.5 Å². The predicted molar refractivity (Wildman–Crippen MR) is 63.2 cm³/mol. The third-order valence-corrected chi connectivity index (χ3v) is 2.29. The van der Waals surface area contributed by atoms with Crippen LogP contribution in [0, 0.1) is 0 Å². The fraction of sp³-hybridized carbons (Fsp3) is 0.417. The molecular weight excluding hydrogens is 245 g/mol. The highest BCUT2D eigenvalue weighted by molar-refractivity contribution is 5.94. The summed E-state index contributed by atoms with van der Waals surface area (Å²) < 4.78 is 35.7. The zero-order valence-corrected chi connectivity index (χ0v) is 9.92. The maximum atomic E-state index is 11.9. The molecule has 0 fully saturated rings. The number of nitrogens with one attached hydrogen (secondary N) is 2. The molecular formula is C12H15F3N2O. The lowest BCUT2D eigenvalue weighted by atomic mass is 10.2. The summed E-state index contributed by atoms with van der Waals surface area (Å²) in [5.41, 5.74) is 0.618. The van der Waals surface area contributed by atoms with E-state index >= 15 is 0 Å². The highest BCUT2D eigenvalue weighted by Gasteiger charge is 2.26. The Hall–Kier alpha value is -1.56. The molecule has 0 radical (unpaired) electrons. The number of benzene rings is 1. The van der Waals surface area contributed by atoms with Crippen LogP contribution in [0.15, 0.2) is 30.3 Å². The smallest absolute Gasteiger partial charge is 0.325 e. The molecule has 6 heteroatoms. The molecule has 1 amide bonds. The third kappa shape index (κ3) is 5.67. The molecule has 1 aromatic carbocycles. The number of rotatable bonds is 5. The predicted octanol–water partition coefficient (Wildman–Crippen LogP) is 2.56. The van der Waals surface area contributed by atoms with Crippen LogP contribution in [0.4, 0.5) is 18.9 Å². The highest BCUT2D eigenvalue weighted by atomic mass is 19.4. The zero-order valence-electron chi connectivity index (χ0n) is 9.92. The van der Waals surface area contributed by atoms with Gasteiger partial charge in [-0.1, -0.05) is 18.2 Å². The zero-order chi connectivity index (χ0) is 13.6. The Morgan fingerprint density at radius 2 is 1.89 bits per heavy atom. The summed E-state index contributed by atoms with van der Waals surface area (Å²) in [4.78, 5) is 11.6. The summed E-state index contributed by atoms with van der Waals surface area (Å²) in [7, 11) is 0. The second-order valence-corrected chi connectivity index (χ2v) is 3.90. The van der Waals surface area contributed by atoms with Gasteiger partial charge in [0.15, 0.2) is 0 Å². The van der Waals surface area contributed by atoms with Gasteiger partial charge in [-0.25, -0.2) is 0 Å². The lowest BCUT2D eigenvalue weighted by molar-refractivity contribution is -0.134. The van der Waals surface area contributed by atoms with Gasteiger partial charge in [-0.05, 0) is 19.1 Å². The molecule has 1 unspecified atom stereocenters. The lowest BCUT2D eigenvalue weighted by Gasteiger charge is -2.14. The average Bonchev–Trinajstić information content (AvgIpc) is 2.28. The van der Waals surface area contributed by atoms with E-state index in [4.69, 9.17) is 0 Å². The minimum atomic E-state index is -4.21. The standard InChI is InChI=1S/C12H15F3N2O/c1-9(16-8-7-12(13,14)15)11(18)17-10-5-3-2-4-6-10/h2-6,9,16H,7-8H2,1H3,(H,17,18). The van der Waals surface area contributed by atoms with E-state index < -0.39 is 18.6 Å². The van der Waals surface area contributed by atoms with Crippen molar-refractivity contribution in [2.75, 3.05) is 11.9 Å². The molecule has 0 aromatic heterocycles. The Morgan fingerprint density at radius 3 is 2.44 bits per heavy atom. The molecule has 100 valence electrons. The van der Waals surface area contributed by atoms with E-state index in [0.29, 0.717) is 5.69 Å². The molecule has 0 spiro atoms. The monoisotopic (exact) mass is 260 g/mol. The van der Waals surface area contributed by atoms with E-state index in [0.717, 1.165) is 0 Å². The van der Waals surface area contributed by atoms with E-state index in [9.17, 15) is 18.0 Å². The van der Waals surface area contributed by atoms with Crippen LogP contribution in [0.5, 0.6) is 0 Å². The van der Waals surface area contributed by atoms with Crippen LogP contribution in [0.3, 0.4) is 0 Å². The number of alkyl halides is 3. The molecule has 1 atom stereocenters. The summed E-state index contributed by atoms with van der Waals surface area (Å²) in [5, 5.41) is 5.13. The second kappa shape index (κ2) is 6.39. The Morgan fingerprint density at radius 1 is 1.28 bits per heavy atom. The van der Waals surface area contributed by atoms with Crippen LogP contribution < -0.4 is 10.6 Å². The first-order chi connectivity index (χ1) is 8.38. The lowest BCUT2D eigenvalue weighted by Crippen LogP contribution is -2.39. The summed E-state index contributed by atoms with van der Waals surface area (Å²) >= 11 is 0. The Balaban J connectivity index is 2.34. The van der Waals surface area contributed by atoms with Crippen molar-refractivity contribution >= 4 is 11.6 Å². The first kappa shape index (κ1) is 14.5. The van der Waals surface area contributed by atoms with Gasteiger partial charge in [0.25, 0.3) is 0 Å². The van der Waals surface area contributed by atoms with E-state index in [1.54, 1.807) is 30.3 Å². The maximum absolute atomic E-state index is 11.9. The first-order valence-electron chi connectivity index (χ1n) is 5.54. The fourth-order valence-corrected chi connectivity index (χ4v) is 1.30. The van der Waals surface area contributed by atoms with Crippen LogP contribution in [-0.4, -0.2) is 24.7 Å². The Labute approximate surface area is 103 Å². The molecule has 3 nitrogen and oxygen atoms in total. The van der Waals surface area contributed by atoms with Gasteiger partial charge in [0, 0.05) is 12.2 Å². The fourth-order valence-electron chi connectivity index (χ4n) is 1.30. The molecule has 0 bridgehead atoms. The molecule has 2 N–H and O–H groups in total. The molecule has 0 saturated carbocycles. The van der Waals surface area contributed by atoms with Crippen molar-refractivity contribution in [1.29, 1.82) is 0 Å². The van der Waals surface area contributed by atoms with Gasteiger partial charge in [0.1, 0.15) is 0 Å². The molecule has 18 heavy (non-hydrogen) atoms. The first-order valence-corrected chi connectivity index (χ1v) is 5.54. The average molecular weight is 260 g/mol. The minimum absolute atomic E-state index is 0.271. The van der Waals surface area contributed by atoms with Crippen LogP contribution >= 0.6 is 0 Å². The molecule has 0 heterocycles. The number of halogens is 3. The summed E-state index contributed by atoms with van der Waals surface area (Å²) in [5.74, 6) is -0.358. The van der Waals surface area contributed by atoms with Gasteiger partial charge < -0.3 is 10.6 Å². The van der Waals surface area contributed by atoms with Crippen molar-refractivity contribution in [2.24, 2.45) is 0 Å². The summed E-state index contributed by atoms with van der Waals surface area (Å²) in [6.07, 6.45) is -5.15. The number of anilines is 1. The van der Waals surface area contributed by atoms with E-state index in [1.807, 2.05) is 0 Å². The van der Waals surface area contributed by atoms with Gasteiger partial charge in [0.05, 0.1) is 12.5 Å². The Bertz CT molecular complexity index is 379. The van der Waals surface area contributed by atoms with Crippen molar-refractivity contribution in [1.82, 2.24) is 5.32 Å². The minimum Gasteiger partial charge on any atom is -0.325 e. The molecule has 0 saturated heterocycles. The van der Waals surface area contributed by atoms with Gasteiger partial charge in [-0.3, -0.25) is 4.79 Å². The number of amides is 1. The third-order valence-electron chi connectivity index (χ3n) is 2.29. The SMILES string of the molecule is CC(NCCC(F)(F)F)C(=O)Nc1ccccc1. The molecule has 1 rings (SSSR count). The quantitative estimate of drug-likeness (QED) is 0.854. The molecule has 0 aliphatic carbocycles. The number of carbonyl (C=O) groups is 1. The molecule has 0 aliphatic rings. The van der Waals surface area contributed by atoms with Gasteiger partial charge in [0.2, 0.25) is 5.91 Å². The van der Waals surface area contributed by atoms with Crippen molar-refractivity contribution in [3.8, 4) is 0 Å².